The van der Waals surface area contributed by atoms with Crippen LogP contribution in [0.15, 0.2) is 77.4 Å². The molecule has 1 aliphatic heterocycles. The number of amidine groups is 1. The summed E-state index contributed by atoms with van der Waals surface area (Å²) >= 11 is 12.3. The summed E-state index contributed by atoms with van der Waals surface area (Å²) in [6.07, 6.45) is 1.70. The van der Waals surface area contributed by atoms with Gasteiger partial charge in [-0.05, 0) is 61.4 Å². The molecule has 0 bridgehead atoms. The number of amides is 1. The van der Waals surface area contributed by atoms with Crippen LogP contribution in [0.5, 0.6) is 0 Å². The zero-order chi connectivity index (χ0) is 20.5. The summed E-state index contributed by atoms with van der Waals surface area (Å²) in [6.45, 7) is 4.01. The molecule has 1 amide bonds. The third-order valence-electron chi connectivity index (χ3n) is 4.65. The number of carbonyl (C=O) groups is 1. The van der Waals surface area contributed by atoms with E-state index in [2.05, 4.69) is 4.99 Å². The highest BCUT2D eigenvalue weighted by Crippen LogP contribution is 2.30. The Morgan fingerprint density at radius 2 is 1.62 bits per heavy atom. The molecule has 0 spiro atoms. The molecule has 0 saturated heterocycles. The first kappa shape index (κ1) is 19.4. The Bertz CT molecular complexity index is 1180. The fourth-order valence-corrected chi connectivity index (χ4v) is 3.73. The highest BCUT2D eigenvalue weighted by atomic mass is 35.5. The molecular weight excluding hydrogens is 403 g/mol. The second kappa shape index (κ2) is 7.86. The number of carbonyl (C=O) groups excluding carboxylic acids is 1. The van der Waals surface area contributed by atoms with Crippen molar-refractivity contribution in [2.75, 3.05) is 4.90 Å². The van der Waals surface area contributed by atoms with Crippen LogP contribution in [-0.2, 0) is 4.79 Å². The van der Waals surface area contributed by atoms with Gasteiger partial charge in [0.2, 0.25) is 0 Å². The van der Waals surface area contributed by atoms with Crippen LogP contribution in [0.4, 0.5) is 5.69 Å². The molecule has 3 nitrogen and oxygen atoms in total. The number of hydrogen-bond donors (Lipinski definition) is 0. The maximum atomic E-state index is 13.3. The topological polar surface area (TPSA) is 32.7 Å². The largest absolute Gasteiger partial charge is 0.282 e. The van der Waals surface area contributed by atoms with Crippen molar-refractivity contribution < 1.29 is 4.79 Å². The number of nitrogens with zero attached hydrogens (tertiary/aromatic N) is 2. The number of benzene rings is 3. The van der Waals surface area contributed by atoms with E-state index in [1.807, 2.05) is 62.4 Å². The smallest absolute Gasteiger partial charge is 0.266 e. The Kier molecular flexibility index (Phi) is 5.27. The average Bonchev–Trinajstić information content (AvgIpc) is 3.00. The van der Waals surface area contributed by atoms with E-state index in [1.54, 1.807) is 29.2 Å². The van der Waals surface area contributed by atoms with Gasteiger partial charge in [0.15, 0.2) is 0 Å². The summed E-state index contributed by atoms with van der Waals surface area (Å²) in [5, 5.41) is 1.01. The van der Waals surface area contributed by atoms with Gasteiger partial charge in [-0.25, -0.2) is 4.99 Å². The van der Waals surface area contributed by atoms with Crippen LogP contribution in [0, 0.1) is 13.8 Å². The minimum absolute atomic E-state index is 0.196. The number of aliphatic imine (C=N–C) groups is 1. The van der Waals surface area contributed by atoms with Gasteiger partial charge in [-0.3, -0.25) is 9.69 Å². The second-order valence-electron chi connectivity index (χ2n) is 6.98. The summed E-state index contributed by atoms with van der Waals surface area (Å²) in [5.41, 5.74) is 4.84. The summed E-state index contributed by atoms with van der Waals surface area (Å²) < 4.78 is 0. The van der Waals surface area contributed by atoms with E-state index in [-0.39, 0.29) is 5.91 Å². The average molecular weight is 421 g/mol. The second-order valence-corrected chi connectivity index (χ2v) is 7.82. The minimum Gasteiger partial charge on any atom is -0.266 e. The first-order chi connectivity index (χ1) is 13.9. The Labute approximate surface area is 179 Å². The standard InChI is InChI=1S/C24H18Cl2N2O/c1-15-5-3-7-18(11-15)23-27-22(13-17-9-10-19(25)14-21(17)26)24(29)28(23)20-8-4-6-16(2)12-20/h3-14H,1-2H3/b22-13+. The van der Waals surface area contributed by atoms with E-state index in [9.17, 15) is 4.79 Å². The van der Waals surface area contributed by atoms with Crippen LogP contribution in [0.2, 0.25) is 10.0 Å². The SMILES string of the molecule is Cc1cccc(C2=N/C(=C/c3ccc(Cl)cc3Cl)C(=O)N2c2cccc(C)c2)c1. The number of anilines is 1. The van der Waals surface area contributed by atoms with Crippen molar-refractivity contribution in [2.24, 2.45) is 4.99 Å². The van der Waals surface area contributed by atoms with Gasteiger partial charge in [0.1, 0.15) is 11.5 Å². The molecule has 3 aromatic rings. The monoisotopic (exact) mass is 420 g/mol. The van der Waals surface area contributed by atoms with Crippen LogP contribution in [0.25, 0.3) is 6.08 Å². The molecule has 0 unspecified atom stereocenters. The van der Waals surface area contributed by atoms with Crippen molar-refractivity contribution in [3.8, 4) is 0 Å². The van der Waals surface area contributed by atoms with Gasteiger partial charge in [-0.2, -0.15) is 0 Å². The summed E-state index contributed by atoms with van der Waals surface area (Å²) in [7, 11) is 0. The third kappa shape index (κ3) is 3.98. The van der Waals surface area contributed by atoms with Gasteiger partial charge >= 0.3 is 0 Å². The van der Waals surface area contributed by atoms with Crippen molar-refractivity contribution in [2.45, 2.75) is 13.8 Å². The van der Waals surface area contributed by atoms with Crippen LogP contribution in [-0.4, -0.2) is 11.7 Å². The number of rotatable bonds is 3. The number of hydrogen-bond acceptors (Lipinski definition) is 2. The summed E-state index contributed by atoms with van der Waals surface area (Å²) in [5.74, 6) is 0.402. The molecule has 5 heteroatoms. The molecule has 0 N–H and O–H groups in total. The van der Waals surface area contributed by atoms with Gasteiger partial charge in [0, 0.05) is 15.6 Å². The zero-order valence-corrected chi connectivity index (χ0v) is 17.5. The summed E-state index contributed by atoms with van der Waals surface area (Å²) in [6, 6.07) is 20.9. The van der Waals surface area contributed by atoms with Gasteiger partial charge < -0.3 is 0 Å². The Morgan fingerprint density at radius 3 is 2.31 bits per heavy atom. The Hall–Kier alpha value is -2.88. The molecule has 0 radical (unpaired) electrons. The van der Waals surface area contributed by atoms with Crippen LogP contribution >= 0.6 is 23.2 Å². The molecular formula is C24H18Cl2N2O. The molecule has 1 aliphatic rings. The zero-order valence-electron chi connectivity index (χ0n) is 16.0. The number of halogens is 2. The van der Waals surface area contributed by atoms with E-state index in [1.165, 1.54) is 0 Å². The fraction of sp³-hybridized carbons (Fsp3) is 0.0833. The molecule has 29 heavy (non-hydrogen) atoms. The Balaban J connectivity index is 1.86. The van der Waals surface area contributed by atoms with Crippen molar-refractivity contribution in [1.82, 2.24) is 0 Å². The molecule has 0 saturated carbocycles. The maximum Gasteiger partial charge on any atom is 0.282 e. The fourth-order valence-electron chi connectivity index (χ4n) is 3.27. The van der Waals surface area contributed by atoms with Crippen LogP contribution in [0.1, 0.15) is 22.3 Å². The van der Waals surface area contributed by atoms with E-state index in [0.29, 0.717) is 27.1 Å². The molecule has 0 aliphatic carbocycles. The lowest BCUT2D eigenvalue weighted by Crippen LogP contribution is -2.32. The van der Waals surface area contributed by atoms with E-state index in [4.69, 9.17) is 23.2 Å². The van der Waals surface area contributed by atoms with Crippen molar-refractivity contribution in [3.63, 3.8) is 0 Å². The van der Waals surface area contributed by atoms with Crippen molar-refractivity contribution in [3.05, 3.63) is 105 Å². The molecule has 0 atom stereocenters. The van der Waals surface area contributed by atoms with Crippen LogP contribution < -0.4 is 4.90 Å². The Morgan fingerprint density at radius 1 is 0.897 bits per heavy atom. The quantitative estimate of drug-likeness (QED) is 0.448. The molecule has 0 aromatic heterocycles. The van der Waals surface area contributed by atoms with Crippen molar-refractivity contribution >= 4 is 46.7 Å². The molecule has 144 valence electrons. The molecule has 0 fully saturated rings. The van der Waals surface area contributed by atoms with E-state index in [0.717, 1.165) is 22.4 Å². The highest BCUT2D eigenvalue weighted by molar-refractivity contribution is 6.36. The predicted octanol–water partition coefficient (Wildman–Crippen LogP) is 6.44. The third-order valence-corrected chi connectivity index (χ3v) is 5.21. The van der Waals surface area contributed by atoms with Gasteiger partial charge in [0.25, 0.3) is 5.91 Å². The van der Waals surface area contributed by atoms with E-state index < -0.39 is 0 Å². The highest BCUT2D eigenvalue weighted by Gasteiger charge is 2.32. The van der Waals surface area contributed by atoms with Gasteiger partial charge in [-0.15, -0.1) is 0 Å². The van der Waals surface area contributed by atoms with Crippen molar-refractivity contribution in [1.29, 1.82) is 0 Å². The molecule has 3 aromatic carbocycles. The predicted molar refractivity (Wildman–Crippen MR) is 121 cm³/mol. The van der Waals surface area contributed by atoms with Crippen LogP contribution in [0.3, 0.4) is 0 Å². The maximum absolute atomic E-state index is 13.3. The lowest BCUT2D eigenvalue weighted by atomic mass is 10.1. The summed E-state index contributed by atoms with van der Waals surface area (Å²) in [4.78, 5) is 19.7. The lowest BCUT2D eigenvalue weighted by Gasteiger charge is -2.19. The molecule has 4 rings (SSSR count). The lowest BCUT2D eigenvalue weighted by molar-refractivity contribution is -0.113. The first-order valence-corrected chi connectivity index (χ1v) is 9.91. The number of aryl methyl sites for hydroxylation is 2. The molecule has 1 heterocycles. The van der Waals surface area contributed by atoms with Gasteiger partial charge in [0.05, 0.1) is 5.69 Å². The normalized spacial score (nSPS) is 15.2. The van der Waals surface area contributed by atoms with E-state index >= 15 is 0 Å². The first-order valence-electron chi connectivity index (χ1n) is 9.16. The minimum atomic E-state index is -0.196. The van der Waals surface area contributed by atoms with Gasteiger partial charge in [-0.1, -0.05) is 65.2 Å².